The fourth-order valence-corrected chi connectivity index (χ4v) is 7.71. The van der Waals surface area contributed by atoms with E-state index >= 15 is 0 Å². The average molecular weight is 427 g/mol. The van der Waals surface area contributed by atoms with Crippen molar-refractivity contribution in [3.05, 3.63) is 0 Å². The highest BCUT2D eigenvalue weighted by atomic mass is 28.3. The highest BCUT2D eigenvalue weighted by Gasteiger charge is 2.64. The molecule has 0 bridgehead atoms. The van der Waals surface area contributed by atoms with E-state index in [1.807, 2.05) is 0 Å². The Morgan fingerprint density at radius 2 is 1.34 bits per heavy atom. The lowest BCUT2D eigenvalue weighted by Crippen LogP contribution is -2.63. The first-order chi connectivity index (χ1) is 13.8. The summed E-state index contributed by atoms with van der Waals surface area (Å²) in [4.78, 5) is 12.6. The lowest BCUT2D eigenvalue weighted by Gasteiger charge is -2.54. The summed E-state index contributed by atoms with van der Waals surface area (Å²) in [6, 6.07) is 0. The maximum absolute atomic E-state index is 12.6. The van der Waals surface area contributed by atoms with E-state index in [2.05, 4.69) is 33.5 Å². The third-order valence-corrected chi connectivity index (χ3v) is 10.5. The third-order valence-electron chi connectivity index (χ3n) is 7.05. The maximum Gasteiger partial charge on any atom is 0.313 e. The minimum absolute atomic E-state index is 0.0217. The molecule has 0 aromatic rings. The van der Waals surface area contributed by atoms with E-state index < -0.39 is 8.07 Å². The maximum atomic E-state index is 12.6. The third kappa shape index (κ3) is 8.36. The largest absolute Gasteiger partial charge is 0.461 e. The predicted octanol–water partition coefficient (Wildman–Crippen LogP) is 7.63. The summed E-state index contributed by atoms with van der Waals surface area (Å²) in [5.74, 6) is 0.0217. The van der Waals surface area contributed by atoms with Crippen LogP contribution in [0.1, 0.15) is 117 Å². The number of hydrogen-bond acceptors (Lipinski definition) is 3. The molecule has 1 aliphatic rings. The van der Waals surface area contributed by atoms with Gasteiger partial charge in [0, 0.05) is 6.42 Å². The van der Waals surface area contributed by atoms with Gasteiger partial charge < -0.3 is 9.84 Å². The molecule has 3 nitrogen and oxygen atoms in total. The SMILES string of the molecule is CCCCCCCCCCC[C@@H](O)C[C@H]1OC(=O)[C@]1(CCCCCC)[Si](C)(C)C. The summed E-state index contributed by atoms with van der Waals surface area (Å²) in [7, 11) is -1.73. The van der Waals surface area contributed by atoms with Crippen LogP contribution in [0.4, 0.5) is 0 Å². The molecule has 1 N–H and O–H groups in total. The van der Waals surface area contributed by atoms with Crippen molar-refractivity contribution in [1.29, 1.82) is 0 Å². The minimum Gasteiger partial charge on any atom is -0.461 e. The Morgan fingerprint density at radius 3 is 1.83 bits per heavy atom. The number of hydrogen-bond donors (Lipinski definition) is 1. The van der Waals surface area contributed by atoms with Crippen molar-refractivity contribution in [2.24, 2.45) is 0 Å². The Kier molecular flexibility index (Phi) is 12.7. The molecule has 29 heavy (non-hydrogen) atoms. The predicted molar refractivity (Wildman–Crippen MR) is 127 cm³/mol. The van der Waals surface area contributed by atoms with Crippen LogP contribution in [0, 0.1) is 0 Å². The molecule has 0 spiro atoms. The second-order valence-corrected chi connectivity index (χ2v) is 15.8. The molecular formula is C25H50O3Si. The molecule has 0 radical (unpaired) electrons. The molecule has 172 valence electrons. The topological polar surface area (TPSA) is 46.5 Å². The Bertz CT molecular complexity index is 446. The van der Waals surface area contributed by atoms with E-state index in [9.17, 15) is 9.90 Å². The average Bonchev–Trinajstić information content (AvgIpc) is 2.65. The molecule has 1 fully saturated rings. The molecular weight excluding hydrogens is 376 g/mol. The Hall–Kier alpha value is -0.353. The number of carbonyl (C=O) groups is 1. The molecule has 1 heterocycles. The highest BCUT2D eigenvalue weighted by Crippen LogP contribution is 2.56. The number of ether oxygens (including phenoxy) is 1. The number of rotatable bonds is 18. The van der Waals surface area contributed by atoms with Gasteiger partial charge in [0.25, 0.3) is 0 Å². The van der Waals surface area contributed by atoms with Crippen molar-refractivity contribution in [3.63, 3.8) is 0 Å². The molecule has 4 heteroatoms. The van der Waals surface area contributed by atoms with Crippen LogP contribution < -0.4 is 0 Å². The van der Waals surface area contributed by atoms with Crippen molar-refractivity contribution in [2.75, 3.05) is 0 Å². The van der Waals surface area contributed by atoms with Gasteiger partial charge in [-0.3, -0.25) is 4.79 Å². The summed E-state index contributed by atoms with van der Waals surface area (Å²) in [6.07, 6.45) is 18.5. The second-order valence-electron chi connectivity index (χ2n) is 10.4. The van der Waals surface area contributed by atoms with E-state index in [0.717, 1.165) is 25.7 Å². The van der Waals surface area contributed by atoms with E-state index in [-0.39, 0.29) is 23.2 Å². The molecule has 1 rings (SSSR count). The molecule has 0 saturated carbocycles. The second kappa shape index (κ2) is 13.9. The van der Waals surface area contributed by atoms with Crippen LogP contribution in [0.15, 0.2) is 0 Å². The Balaban J connectivity index is 2.35. The van der Waals surface area contributed by atoms with E-state index in [0.29, 0.717) is 6.42 Å². The summed E-state index contributed by atoms with van der Waals surface area (Å²) >= 11 is 0. The number of aliphatic hydroxyl groups excluding tert-OH is 1. The van der Waals surface area contributed by atoms with Gasteiger partial charge in [0.2, 0.25) is 0 Å². The van der Waals surface area contributed by atoms with E-state index in [1.54, 1.807) is 0 Å². The van der Waals surface area contributed by atoms with Gasteiger partial charge >= 0.3 is 5.97 Å². The number of unbranched alkanes of at least 4 members (excludes halogenated alkanes) is 11. The van der Waals surface area contributed by atoms with Gasteiger partial charge in [-0.25, -0.2) is 0 Å². The lowest BCUT2D eigenvalue weighted by atomic mass is 9.85. The number of aliphatic hydroxyl groups is 1. The number of carbonyl (C=O) groups excluding carboxylic acids is 1. The van der Waals surface area contributed by atoms with Crippen LogP contribution in [0.25, 0.3) is 0 Å². The Labute approximate surface area is 182 Å². The number of cyclic esters (lactones) is 1. The Morgan fingerprint density at radius 1 is 0.862 bits per heavy atom. The zero-order chi connectivity index (χ0) is 21.8. The van der Waals surface area contributed by atoms with Gasteiger partial charge in [-0.2, -0.15) is 0 Å². The quantitative estimate of drug-likeness (QED) is 0.139. The fourth-order valence-electron chi connectivity index (χ4n) is 4.97. The van der Waals surface area contributed by atoms with Gasteiger partial charge in [-0.1, -0.05) is 117 Å². The summed E-state index contributed by atoms with van der Waals surface area (Å²) in [5, 5.41) is 10.3. The first-order valence-corrected chi connectivity index (χ1v) is 16.2. The van der Waals surface area contributed by atoms with E-state index in [1.165, 1.54) is 70.6 Å². The standard InChI is InChI=1S/C25H50O3Si/c1-6-8-10-12-13-14-15-16-17-19-22(26)21-23-25(24(27)28-23,29(3,4)5)20-18-11-9-7-2/h22-23,26H,6-21H2,1-5H3/t22-,23-,25-/m1/s1. The van der Waals surface area contributed by atoms with Crippen LogP contribution >= 0.6 is 0 Å². The fraction of sp³-hybridized carbons (Fsp3) is 0.960. The van der Waals surface area contributed by atoms with Crippen LogP contribution in [0.5, 0.6) is 0 Å². The zero-order valence-corrected chi connectivity index (χ0v) is 21.2. The van der Waals surface area contributed by atoms with Crippen LogP contribution in [-0.2, 0) is 9.53 Å². The lowest BCUT2D eigenvalue weighted by molar-refractivity contribution is -0.186. The zero-order valence-electron chi connectivity index (χ0n) is 20.2. The summed E-state index contributed by atoms with van der Waals surface area (Å²) in [6.45, 7) is 11.4. The van der Waals surface area contributed by atoms with Crippen molar-refractivity contribution < 1.29 is 14.6 Å². The monoisotopic (exact) mass is 426 g/mol. The molecule has 0 unspecified atom stereocenters. The highest BCUT2D eigenvalue weighted by molar-refractivity contribution is 6.83. The van der Waals surface area contributed by atoms with Crippen molar-refractivity contribution in [1.82, 2.24) is 0 Å². The molecule has 0 aromatic heterocycles. The van der Waals surface area contributed by atoms with Crippen LogP contribution in [-0.4, -0.2) is 31.4 Å². The van der Waals surface area contributed by atoms with Gasteiger partial charge in [-0.05, 0) is 12.8 Å². The molecule has 0 aromatic carbocycles. The summed E-state index contributed by atoms with van der Waals surface area (Å²) in [5.41, 5.74) is 0. The molecule has 0 aliphatic carbocycles. The molecule has 0 amide bonds. The first kappa shape index (κ1) is 26.7. The van der Waals surface area contributed by atoms with Gasteiger partial charge in [-0.15, -0.1) is 0 Å². The smallest absolute Gasteiger partial charge is 0.313 e. The van der Waals surface area contributed by atoms with Crippen LogP contribution in [0.3, 0.4) is 0 Å². The molecule has 1 aliphatic heterocycles. The van der Waals surface area contributed by atoms with E-state index in [4.69, 9.17) is 4.74 Å². The molecule has 3 atom stereocenters. The van der Waals surface area contributed by atoms with Crippen molar-refractivity contribution in [3.8, 4) is 0 Å². The first-order valence-electron chi connectivity index (χ1n) is 12.7. The van der Waals surface area contributed by atoms with Crippen molar-refractivity contribution >= 4 is 14.0 Å². The number of esters is 1. The normalized spacial score (nSPS) is 23.0. The van der Waals surface area contributed by atoms with Gasteiger partial charge in [0.1, 0.15) is 6.10 Å². The minimum atomic E-state index is -1.73. The molecule has 1 saturated heterocycles. The van der Waals surface area contributed by atoms with Crippen LogP contribution in [0.2, 0.25) is 24.7 Å². The van der Waals surface area contributed by atoms with Crippen molar-refractivity contribution in [2.45, 2.75) is 153 Å². The van der Waals surface area contributed by atoms with Gasteiger partial charge in [0.15, 0.2) is 0 Å². The summed E-state index contributed by atoms with van der Waals surface area (Å²) < 4.78 is 5.64. The van der Waals surface area contributed by atoms with Gasteiger partial charge in [0.05, 0.1) is 19.2 Å².